The minimum Gasteiger partial charge on any atom is -0.658 e. The van der Waals surface area contributed by atoms with Gasteiger partial charge >= 0.3 is 97.6 Å². The van der Waals surface area contributed by atoms with E-state index in [2.05, 4.69) is 67.7 Å². The van der Waals surface area contributed by atoms with E-state index in [1.54, 1.807) is 0 Å². The van der Waals surface area contributed by atoms with Crippen LogP contribution in [0.2, 0.25) is 0 Å². The van der Waals surface area contributed by atoms with Crippen molar-refractivity contribution in [3.05, 3.63) is 126 Å². The average molecular weight is 377 g/mol. The zero-order valence-electron chi connectivity index (χ0n) is 16.4. The van der Waals surface area contributed by atoms with Crippen LogP contribution in [0, 0.1) is 13.8 Å². The number of hydrogen-bond acceptors (Lipinski definition) is 0. The number of rotatable bonds is 4. The molecule has 0 heterocycles. The van der Waals surface area contributed by atoms with Crippen molar-refractivity contribution in [1.82, 2.24) is 0 Å². The van der Waals surface area contributed by atoms with Gasteiger partial charge in [-0.15, -0.1) is 11.4 Å². The summed E-state index contributed by atoms with van der Waals surface area (Å²) in [6.07, 6.45) is 0. The van der Waals surface area contributed by atoms with Crippen molar-refractivity contribution >= 4 is 35.4 Å². The molecule has 0 saturated heterocycles. The van der Waals surface area contributed by atoms with E-state index in [-0.39, 0.29) is 15.2 Å². The molecular formula is C26H24AlN. The monoisotopic (exact) mass is 377 g/mol. The van der Waals surface area contributed by atoms with Gasteiger partial charge in [0.05, 0.1) is 0 Å². The Bertz CT molecular complexity index is 866. The van der Waals surface area contributed by atoms with Crippen LogP contribution in [0.4, 0.5) is 11.4 Å². The number of nitrogens with zero attached hydrogens (tertiary/aromatic N) is 1. The van der Waals surface area contributed by atoms with Crippen molar-refractivity contribution in [3.8, 4) is 0 Å². The third kappa shape index (κ3) is 6.74. The van der Waals surface area contributed by atoms with E-state index in [4.69, 9.17) is 0 Å². The smallest absolute Gasteiger partial charge is 0.0624 e. The molecule has 0 aliphatic carbocycles. The minimum atomic E-state index is 0.252. The maximum absolute atomic E-state index is 4.44. The molecule has 0 fully saturated rings. The number of aryl methyl sites for hydroxylation is 2. The first-order chi connectivity index (χ1) is 13.7. The predicted octanol–water partition coefficient (Wildman–Crippen LogP) is 5.98. The summed E-state index contributed by atoms with van der Waals surface area (Å²) in [6, 6.07) is 37.6. The molecule has 0 N–H and O–H groups in total. The maximum Gasteiger partial charge on any atom is -0.0624 e. The summed E-state index contributed by atoms with van der Waals surface area (Å²) in [6.45, 7) is 4.26. The molecule has 0 aromatic heterocycles. The molecule has 0 saturated carbocycles. The SMILES string of the molecule is Cc1cc[c]([Al+][c]2ccc(C)cc2)cc1.c1ccc([N-]c2ccccc2)cc1. The molecule has 0 bridgehead atoms. The van der Waals surface area contributed by atoms with Gasteiger partial charge < -0.3 is 5.32 Å². The van der Waals surface area contributed by atoms with Crippen molar-refractivity contribution in [3.63, 3.8) is 0 Å². The maximum atomic E-state index is 4.44. The number of hydrogen-bond donors (Lipinski definition) is 0. The van der Waals surface area contributed by atoms with Crippen LogP contribution in [0.1, 0.15) is 11.1 Å². The van der Waals surface area contributed by atoms with E-state index < -0.39 is 0 Å². The van der Waals surface area contributed by atoms with Crippen LogP contribution in [-0.4, -0.2) is 15.2 Å². The quantitative estimate of drug-likeness (QED) is 0.388. The van der Waals surface area contributed by atoms with Crippen LogP contribution in [0.5, 0.6) is 0 Å². The Labute approximate surface area is 174 Å². The molecule has 2 heteroatoms. The van der Waals surface area contributed by atoms with Crippen LogP contribution in [0.25, 0.3) is 5.32 Å². The van der Waals surface area contributed by atoms with E-state index in [1.807, 2.05) is 60.7 Å². The summed E-state index contributed by atoms with van der Waals surface area (Å²) in [5.41, 5.74) is 4.66. The molecule has 0 amide bonds. The third-order valence-corrected chi connectivity index (χ3v) is 5.70. The molecule has 28 heavy (non-hydrogen) atoms. The Morgan fingerprint density at radius 1 is 0.464 bits per heavy atom. The van der Waals surface area contributed by atoms with Gasteiger partial charge in [-0.05, 0) is 0 Å². The van der Waals surface area contributed by atoms with Crippen molar-refractivity contribution in [1.29, 1.82) is 0 Å². The van der Waals surface area contributed by atoms with Gasteiger partial charge in [0.25, 0.3) is 0 Å². The minimum absolute atomic E-state index is 0.252. The third-order valence-electron chi connectivity index (χ3n) is 4.26. The van der Waals surface area contributed by atoms with Gasteiger partial charge in [-0.3, -0.25) is 0 Å². The summed E-state index contributed by atoms with van der Waals surface area (Å²) in [7, 11) is 0. The van der Waals surface area contributed by atoms with Crippen LogP contribution in [0.3, 0.4) is 0 Å². The van der Waals surface area contributed by atoms with Gasteiger partial charge in [0.15, 0.2) is 0 Å². The van der Waals surface area contributed by atoms with Crippen LogP contribution < -0.4 is 8.85 Å². The number of para-hydroxylation sites is 2. The molecule has 0 atom stereocenters. The Balaban J connectivity index is 0.000000162. The van der Waals surface area contributed by atoms with Gasteiger partial charge in [-0.2, -0.15) is 0 Å². The summed E-state index contributed by atoms with van der Waals surface area (Å²) >= 11 is 0.252. The standard InChI is InChI=1S/C12H10N.2C7H7.Al/c1-3-7-11(8-4-1)13-12-9-5-2-6-10-12;2*1-7-5-3-2-4-6-7;/h1-10H;2*3-6H,1H3;/q-1;;;+1. The van der Waals surface area contributed by atoms with E-state index >= 15 is 0 Å². The van der Waals surface area contributed by atoms with E-state index in [0.29, 0.717) is 0 Å². The summed E-state index contributed by atoms with van der Waals surface area (Å²) in [5.74, 6) is 0. The van der Waals surface area contributed by atoms with Crippen molar-refractivity contribution in [2.24, 2.45) is 0 Å². The van der Waals surface area contributed by atoms with Gasteiger partial charge in [-0.25, -0.2) is 0 Å². The first-order valence-corrected chi connectivity index (χ1v) is 10.6. The zero-order valence-corrected chi connectivity index (χ0v) is 17.6. The van der Waals surface area contributed by atoms with Gasteiger partial charge in [0.2, 0.25) is 0 Å². The fourth-order valence-corrected chi connectivity index (χ4v) is 3.83. The van der Waals surface area contributed by atoms with Crippen molar-refractivity contribution in [2.45, 2.75) is 13.8 Å². The Hall–Kier alpha value is -2.79. The Morgan fingerprint density at radius 3 is 1.18 bits per heavy atom. The number of benzene rings is 4. The molecule has 4 rings (SSSR count). The molecule has 4 aromatic rings. The largest absolute Gasteiger partial charge is 0.658 e. The second kappa shape index (κ2) is 10.5. The predicted molar refractivity (Wildman–Crippen MR) is 123 cm³/mol. The van der Waals surface area contributed by atoms with Gasteiger partial charge in [0, 0.05) is 0 Å². The van der Waals surface area contributed by atoms with Crippen molar-refractivity contribution < 1.29 is 0 Å². The van der Waals surface area contributed by atoms with E-state index in [1.165, 1.54) is 20.0 Å². The van der Waals surface area contributed by atoms with E-state index in [9.17, 15) is 0 Å². The van der Waals surface area contributed by atoms with Crippen LogP contribution in [-0.2, 0) is 0 Å². The molecule has 0 aliphatic rings. The van der Waals surface area contributed by atoms with Gasteiger partial charge in [0.1, 0.15) is 0 Å². The molecule has 1 nitrogen and oxygen atoms in total. The molecular weight excluding hydrogens is 353 g/mol. The second-order valence-electron chi connectivity index (χ2n) is 6.75. The summed E-state index contributed by atoms with van der Waals surface area (Å²) < 4.78 is 2.92. The molecule has 0 aliphatic heterocycles. The molecule has 0 unspecified atom stereocenters. The zero-order chi connectivity index (χ0) is 19.6. The topological polar surface area (TPSA) is 14.1 Å². The van der Waals surface area contributed by atoms with Crippen LogP contribution in [0.15, 0.2) is 109 Å². The summed E-state index contributed by atoms with van der Waals surface area (Å²) in [5, 5.41) is 4.44. The fourth-order valence-electron chi connectivity index (χ4n) is 2.67. The molecule has 0 radical (unpaired) electrons. The second-order valence-corrected chi connectivity index (χ2v) is 8.37. The molecule has 136 valence electrons. The summed E-state index contributed by atoms with van der Waals surface area (Å²) in [4.78, 5) is 0. The average Bonchev–Trinajstić information content (AvgIpc) is 2.73. The van der Waals surface area contributed by atoms with Crippen molar-refractivity contribution in [2.75, 3.05) is 0 Å². The normalized spacial score (nSPS) is 9.64. The Morgan fingerprint density at radius 2 is 0.821 bits per heavy atom. The van der Waals surface area contributed by atoms with Crippen LogP contribution >= 0.6 is 0 Å². The Kier molecular flexibility index (Phi) is 7.50. The first kappa shape index (κ1) is 20.0. The molecule has 0 spiro atoms. The molecule has 4 aromatic carbocycles. The van der Waals surface area contributed by atoms with Gasteiger partial charge in [-0.1, -0.05) is 60.7 Å². The van der Waals surface area contributed by atoms with E-state index in [0.717, 1.165) is 11.4 Å². The fraction of sp³-hybridized carbons (Fsp3) is 0.0769. The first-order valence-electron chi connectivity index (χ1n) is 9.49.